The predicted molar refractivity (Wildman–Crippen MR) is 108 cm³/mol. The molecule has 2 saturated carbocycles. The number of esters is 1. The van der Waals surface area contributed by atoms with Gasteiger partial charge in [-0.25, -0.2) is 4.79 Å². The predicted octanol–water partition coefficient (Wildman–Crippen LogP) is 4.61. The molecule has 0 amide bonds. The van der Waals surface area contributed by atoms with Gasteiger partial charge in [-0.1, -0.05) is 20.8 Å². The highest BCUT2D eigenvalue weighted by Gasteiger charge is 2.59. The number of alkyl halides is 3. The molecule has 3 rings (SSSR count). The first-order chi connectivity index (χ1) is 14.6. The maximum absolute atomic E-state index is 13.0. The Morgan fingerprint density at radius 2 is 1.88 bits per heavy atom. The first kappa shape index (κ1) is 24.6. The highest BCUT2D eigenvalue weighted by Crippen LogP contribution is 2.59. The van der Waals surface area contributed by atoms with Crippen LogP contribution in [0.1, 0.15) is 56.8 Å². The Bertz CT molecular complexity index is 969. The minimum absolute atomic E-state index is 0.128. The summed E-state index contributed by atoms with van der Waals surface area (Å²) < 4.78 is 84.6. The summed E-state index contributed by atoms with van der Waals surface area (Å²) in [5.41, 5.74) is -1.25. The zero-order valence-electron chi connectivity index (χ0n) is 18.1. The van der Waals surface area contributed by atoms with Crippen LogP contribution < -0.4 is 9.47 Å². The fraction of sp³-hybridized carbons (Fsp3) is 0.667. The highest BCUT2D eigenvalue weighted by molar-refractivity contribution is 7.85. The van der Waals surface area contributed by atoms with Gasteiger partial charge in [0.25, 0.3) is 10.1 Å². The molecule has 0 spiro atoms. The summed E-state index contributed by atoms with van der Waals surface area (Å²) in [6.45, 7) is 5.33. The van der Waals surface area contributed by atoms with Gasteiger partial charge in [0.2, 0.25) is 0 Å². The van der Waals surface area contributed by atoms with Gasteiger partial charge >= 0.3 is 12.3 Å². The van der Waals surface area contributed by atoms with Gasteiger partial charge in [-0.15, -0.1) is 13.2 Å². The molecule has 1 aromatic rings. The van der Waals surface area contributed by atoms with Crippen molar-refractivity contribution in [1.82, 2.24) is 0 Å². The fourth-order valence-corrected chi connectivity index (χ4v) is 5.21. The van der Waals surface area contributed by atoms with E-state index >= 15 is 0 Å². The fourth-order valence-electron chi connectivity index (χ4n) is 4.92. The van der Waals surface area contributed by atoms with Gasteiger partial charge in [-0.2, -0.15) is 8.42 Å². The van der Waals surface area contributed by atoms with Crippen molar-refractivity contribution in [2.24, 2.45) is 17.3 Å². The van der Waals surface area contributed by atoms with Crippen molar-refractivity contribution >= 4 is 16.1 Å². The second kappa shape index (κ2) is 8.40. The summed E-state index contributed by atoms with van der Waals surface area (Å²) in [7, 11) is -4.33. The zero-order chi connectivity index (χ0) is 23.9. The Labute approximate surface area is 185 Å². The average Bonchev–Trinajstić information content (AvgIpc) is 3.22. The van der Waals surface area contributed by atoms with Gasteiger partial charge < -0.3 is 14.2 Å². The van der Waals surface area contributed by atoms with Gasteiger partial charge in [-0.05, 0) is 55.7 Å². The number of benzene rings is 1. The van der Waals surface area contributed by atoms with Gasteiger partial charge in [0.1, 0.15) is 18.0 Å². The van der Waals surface area contributed by atoms with Crippen molar-refractivity contribution < 1.29 is 45.1 Å². The summed E-state index contributed by atoms with van der Waals surface area (Å²) in [4.78, 5) is 12.3. The molecule has 3 unspecified atom stereocenters. The molecule has 1 aromatic carbocycles. The van der Waals surface area contributed by atoms with E-state index < -0.39 is 51.6 Å². The summed E-state index contributed by atoms with van der Waals surface area (Å²) in [5.74, 6) is -1.97. The molecule has 3 atom stereocenters. The van der Waals surface area contributed by atoms with E-state index in [9.17, 15) is 26.4 Å². The van der Waals surface area contributed by atoms with Crippen LogP contribution in [-0.4, -0.2) is 43.3 Å². The Morgan fingerprint density at radius 3 is 2.38 bits per heavy atom. The van der Waals surface area contributed by atoms with E-state index in [-0.39, 0.29) is 17.2 Å². The lowest BCUT2D eigenvalue weighted by atomic mass is 9.67. The van der Waals surface area contributed by atoms with Crippen LogP contribution in [0.25, 0.3) is 0 Å². The number of carbonyl (C=O) groups excluding carboxylic acids is 1. The third-order valence-electron chi connectivity index (χ3n) is 6.33. The molecule has 11 heteroatoms. The third kappa shape index (κ3) is 5.48. The molecule has 2 aliphatic rings. The molecule has 0 heterocycles. The minimum atomic E-state index is -4.96. The summed E-state index contributed by atoms with van der Waals surface area (Å²) in [6.07, 6.45) is -1.37. The SMILES string of the molecule is CC(C)(C)C1(Oc2cc(C(=O)OCCS(=O)(=O)O)ccc2OC(F)(F)F)CC2CCC1C2. The van der Waals surface area contributed by atoms with Gasteiger partial charge in [0.15, 0.2) is 11.5 Å². The highest BCUT2D eigenvalue weighted by atomic mass is 32.2. The lowest BCUT2D eigenvalue weighted by molar-refractivity contribution is -0.275. The molecule has 1 N–H and O–H groups in total. The first-order valence-electron chi connectivity index (χ1n) is 10.3. The number of carbonyl (C=O) groups is 1. The van der Waals surface area contributed by atoms with Crippen molar-refractivity contribution in [1.29, 1.82) is 0 Å². The number of rotatable bonds is 7. The second-order valence-corrected chi connectivity index (χ2v) is 11.0. The summed E-state index contributed by atoms with van der Waals surface area (Å²) >= 11 is 0. The number of hydrogen-bond donors (Lipinski definition) is 1. The van der Waals surface area contributed by atoms with E-state index in [1.54, 1.807) is 0 Å². The second-order valence-electron chi connectivity index (χ2n) is 9.45. The van der Waals surface area contributed by atoms with Crippen LogP contribution in [0.15, 0.2) is 18.2 Å². The molecule has 7 nitrogen and oxygen atoms in total. The number of ether oxygens (including phenoxy) is 3. The standard InChI is InChI=1S/C21H27F3O7S/c1-19(2,3)20(12-13-4-6-15(20)10-13)30-17-11-14(5-7-16(17)31-21(22,23)24)18(25)29-8-9-32(26,27)28/h5,7,11,13,15H,4,6,8-10,12H2,1-3H3,(H,26,27,28). The van der Waals surface area contributed by atoms with Gasteiger partial charge in [-0.3, -0.25) is 4.55 Å². The van der Waals surface area contributed by atoms with Crippen LogP contribution in [0.5, 0.6) is 11.5 Å². The topological polar surface area (TPSA) is 99.1 Å². The Balaban J connectivity index is 1.92. The maximum Gasteiger partial charge on any atom is 0.573 e. The third-order valence-corrected chi connectivity index (χ3v) is 7.02. The molecule has 180 valence electrons. The van der Waals surface area contributed by atoms with Gasteiger partial charge in [0, 0.05) is 5.41 Å². The minimum Gasteiger partial charge on any atom is -0.483 e. The zero-order valence-corrected chi connectivity index (χ0v) is 18.9. The normalized spacial score (nSPS) is 25.6. The van der Waals surface area contributed by atoms with Crippen LogP contribution in [0.4, 0.5) is 13.2 Å². The van der Waals surface area contributed by atoms with Gasteiger partial charge in [0.05, 0.1) is 5.56 Å². The van der Waals surface area contributed by atoms with Crippen molar-refractivity contribution in [2.75, 3.05) is 12.4 Å². The number of hydrogen-bond acceptors (Lipinski definition) is 6. The van der Waals surface area contributed by atoms with Crippen LogP contribution in [0.3, 0.4) is 0 Å². The number of halogens is 3. The molecule has 32 heavy (non-hydrogen) atoms. The molecule has 0 aliphatic heterocycles. The molecular weight excluding hydrogens is 453 g/mol. The molecule has 2 fully saturated rings. The summed E-state index contributed by atoms with van der Waals surface area (Å²) in [6, 6.07) is 3.18. The molecular formula is C21H27F3O7S. The van der Waals surface area contributed by atoms with E-state index in [0.29, 0.717) is 12.3 Å². The Kier molecular flexibility index (Phi) is 6.47. The van der Waals surface area contributed by atoms with E-state index in [1.165, 1.54) is 0 Å². The Morgan fingerprint density at radius 1 is 1.19 bits per heavy atom. The smallest absolute Gasteiger partial charge is 0.483 e. The largest absolute Gasteiger partial charge is 0.573 e. The lowest BCUT2D eigenvalue weighted by Gasteiger charge is -2.48. The van der Waals surface area contributed by atoms with Crippen LogP contribution in [-0.2, 0) is 14.9 Å². The van der Waals surface area contributed by atoms with Crippen molar-refractivity contribution in [3.8, 4) is 11.5 Å². The van der Waals surface area contributed by atoms with Crippen LogP contribution >= 0.6 is 0 Å². The van der Waals surface area contributed by atoms with Crippen molar-refractivity contribution in [3.63, 3.8) is 0 Å². The van der Waals surface area contributed by atoms with E-state index in [4.69, 9.17) is 14.0 Å². The lowest BCUT2D eigenvalue weighted by Crippen LogP contribution is -2.52. The average molecular weight is 481 g/mol. The van der Waals surface area contributed by atoms with E-state index in [2.05, 4.69) is 4.74 Å². The monoisotopic (exact) mass is 480 g/mol. The van der Waals surface area contributed by atoms with E-state index in [1.807, 2.05) is 20.8 Å². The summed E-state index contributed by atoms with van der Waals surface area (Å²) in [5, 5.41) is 0. The van der Waals surface area contributed by atoms with Crippen LogP contribution in [0, 0.1) is 17.3 Å². The molecule has 0 radical (unpaired) electrons. The quantitative estimate of drug-likeness (QED) is 0.449. The van der Waals surface area contributed by atoms with Crippen LogP contribution in [0.2, 0.25) is 0 Å². The molecule has 2 bridgehead atoms. The van der Waals surface area contributed by atoms with Crippen molar-refractivity contribution in [3.05, 3.63) is 23.8 Å². The van der Waals surface area contributed by atoms with Crippen molar-refractivity contribution in [2.45, 2.75) is 58.4 Å². The maximum atomic E-state index is 13.0. The molecule has 0 aromatic heterocycles. The first-order valence-corrected chi connectivity index (χ1v) is 11.9. The molecule has 0 saturated heterocycles. The Hall–Kier alpha value is -2.01. The molecule has 2 aliphatic carbocycles. The number of fused-ring (bicyclic) bond motifs is 2. The van der Waals surface area contributed by atoms with E-state index in [0.717, 1.165) is 37.5 Å².